The predicted octanol–water partition coefficient (Wildman–Crippen LogP) is 2.47. The van der Waals surface area contributed by atoms with Crippen LogP contribution in [0.15, 0.2) is 24.3 Å². The second kappa shape index (κ2) is 7.67. The average molecular weight is 293 g/mol. The van der Waals surface area contributed by atoms with Crippen molar-refractivity contribution in [3.05, 3.63) is 29.8 Å². The lowest BCUT2D eigenvalue weighted by molar-refractivity contribution is -0.137. The smallest absolute Gasteiger partial charge is 0.303 e. The third kappa shape index (κ3) is 4.21. The van der Waals surface area contributed by atoms with Crippen molar-refractivity contribution in [1.29, 1.82) is 0 Å². The first kappa shape index (κ1) is 17.0. The number of carboxylic acids is 1. The van der Waals surface area contributed by atoms with Crippen LogP contribution < -0.4 is 10.5 Å². The highest BCUT2D eigenvalue weighted by Crippen LogP contribution is 2.36. The lowest BCUT2D eigenvalue weighted by Gasteiger charge is -2.31. The molecule has 0 spiro atoms. The molecule has 1 amide bonds. The maximum Gasteiger partial charge on any atom is 0.303 e. The number of ether oxygens (including phenoxy) is 1. The van der Waals surface area contributed by atoms with E-state index in [2.05, 4.69) is 0 Å². The van der Waals surface area contributed by atoms with E-state index in [-0.39, 0.29) is 6.42 Å². The van der Waals surface area contributed by atoms with Gasteiger partial charge in [0.15, 0.2) is 0 Å². The van der Waals surface area contributed by atoms with Gasteiger partial charge in [-0.1, -0.05) is 25.5 Å². The van der Waals surface area contributed by atoms with Gasteiger partial charge in [0.05, 0.1) is 12.5 Å². The summed E-state index contributed by atoms with van der Waals surface area (Å²) in [6.07, 6.45) is 2.25. The van der Waals surface area contributed by atoms with Gasteiger partial charge in [0.25, 0.3) is 0 Å². The molecule has 0 bridgehead atoms. The van der Waals surface area contributed by atoms with E-state index in [1.165, 1.54) is 0 Å². The molecule has 1 unspecified atom stereocenters. The quantitative estimate of drug-likeness (QED) is 0.732. The molecule has 0 aliphatic heterocycles. The summed E-state index contributed by atoms with van der Waals surface area (Å²) in [6.45, 7) is 1.98. The van der Waals surface area contributed by atoms with E-state index in [0.29, 0.717) is 25.0 Å². The SMILES string of the molecule is CCCC(CCCC(=O)O)(C(N)=O)c1cccc(OC)c1. The molecule has 1 aromatic rings. The Kier molecular flexibility index (Phi) is 6.21. The lowest BCUT2D eigenvalue weighted by Crippen LogP contribution is -2.41. The fourth-order valence-electron chi connectivity index (χ4n) is 2.69. The van der Waals surface area contributed by atoms with Crippen molar-refractivity contribution < 1.29 is 19.4 Å². The van der Waals surface area contributed by atoms with Crippen molar-refractivity contribution in [3.63, 3.8) is 0 Å². The van der Waals surface area contributed by atoms with E-state index >= 15 is 0 Å². The van der Waals surface area contributed by atoms with Crippen molar-refractivity contribution in [3.8, 4) is 5.75 Å². The summed E-state index contributed by atoms with van der Waals surface area (Å²) in [7, 11) is 1.56. The zero-order chi connectivity index (χ0) is 15.9. The topological polar surface area (TPSA) is 89.6 Å². The van der Waals surface area contributed by atoms with Gasteiger partial charge >= 0.3 is 5.97 Å². The third-order valence-corrected chi connectivity index (χ3v) is 3.76. The molecule has 21 heavy (non-hydrogen) atoms. The van der Waals surface area contributed by atoms with Crippen LogP contribution in [0.2, 0.25) is 0 Å². The summed E-state index contributed by atoms with van der Waals surface area (Å²) in [5, 5.41) is 8.80. The standard InChI is InChI=1S/C16H23NO4/c1-3-9-16(15(17)20,10-5-8-14(18)19)12-6-4-7-13(11-12)21-2/h4,6-7,11H,3,5,8-10H2,1-2H3,(H2,17,20)(H,18,19). The van der Waals surface area contributed by atoms with Gasteiger partial charge in [-0.2, -0.15) is 0 Å². The van der Waals surface area contributed by atoms with Crippen molar-refractivity contribution in [2.45, 2.75) is 44.4 Å². The molecule has 1 aromatic carbocycles. The van der Waals surface area contributed by atoms with Crippen LogP contribution in [0.5, 0.6) is 5.75 Å². The Morgan fingerprint density at radius 2 is 2.05 bits per heavy atom. The van der Waals surface area contributed by atoms with E-state index in [9.17, 15) is 9.59 Å². The molecule has 0 aromatic heterocycles. The molecule has 0 aliphatic carbocycles. The second-order valence-electron chi connectivity index (χ2n) is 5.18. The summed E-state index contributed by atoms with van der Waals surface area (Å²) in [5.74, 6) is -0.619. The first-order valence-electron chi connectivity index (χ1n) is 7.12. The minimum absolute atomic E-state index is 0.0305. The van der Waals surface area contributed by atoms with Crippen LogP contribution in [0.4, 0.5) is 0 Å². The first-order valence-corrected chi connectivity index (χ1v) is 7.12. The summed E-state index contributed by atoms with van der Waals surface area (Å²) < 4.78 is 5.20. The Labute approximate surface area is 125 Å². The fraction of sp³-hybridized carbons (Fsp3) is 0.500. The van der Waals surface area contributed by atoms with Gasteiger partial charge in [-0.25, -0.2) is 0 Å². The average Bonchev–Trinajstić information content (AvgIpc) is 2.45. The van der Waals surface area contributed by atoms with Crippen molar-refractivity contribution in [2.24, 2.45) is 5.73 Å². The summed E-state index contributed by atoms with van der Waals surface area (Å²) in [4.78, 5) is 22.8. The van der Waals surface area contributed by atoms with Crippen LogP contribution in [-0.4, -0.2) is 24.1 Å². The van der Waals surface area contributed by atoms with E-state index in [1.807, 2.05) is 19.1 Å². The highest BCUT2D eigenvalue weighted by Gasteiger charge is 2.37. The lowest BCUT2D eigenvalue weighted by atomic mass is 9.72. The fourth-order valence-corrected chi connectivity index (χ4v) is 2.69. The maximum absolute atomic E-state index is 12.1. The number of hydrogen-bond donors (Lipinski definition) is 2. The number of rotatable bonds is 9. The number of amides is 1. The largest absolute Gasteiger partial charge is 0.497 e. The normalized spacial score (nSPS) is 13.4. The minimum atomic E-state index is -0.865. The van der Waals surface area contributed by atoms with E-state index in [4.69, 9.17) is 15.6 Å². The molecule has 0 aliphatic rings. The molecule has 0 fully saturated rings. The van der Waals surface area contributed by atoms with Crippen LogP contribution in [0.3, 0.4) is 0 Å². The van der Waals surface area contributed by atoms with Crippen molar-refractivity contribution in [1.82, 2.24) is 0 Å². The number of carbonyl (C=O) groups is 2. The summed E-state index contributed by atoms with van der Waals surface area (Å²) in [5.41, 5.74) is 5.63. The molecule has 5 heteroatoms. The number of carboxylic acid groups (broad SMARTS) is 1. The molecule has 3 N–H and O–H groups in total. The Morgan fingerprint density at radius 3 is 2.57 bits per heavy atom. The minimum Gasteiger partial charge on any atom is -0.497 e. The van der Waals surface area contributed by atoms with Crippen LogP contribution in [0, 0.1) is 0 Å². The Hall–Kier alpha value is -2.04. The monoisotopic (exact) mass is 293 g/mol. The molecular weight excluding hydrogens is 270 g/mol. The highest BCUT2D eigenvalue weighted by molar-refractivity contribution is 5.87. The van der Waals surface area contributed by atoms with E-state index in [1.54, 1.807) is 19.2 Å². The Morgan fingerprint density at radius 1 is 1.33 bits per heavy atom. The van der Waals surface area contributed by atoms with Gasteiger partial charge in [-0.15, -0.1) is 0 Å². The third-order valence-electron chi connectivity index (χ3n) is 3.76. The molecule has 0 saturated carbocycles. The maximum atomic E-state index is 12.1. The number of primary amides is 1. The van der Waals surface area contributed by atoms with Crippen LogP contribution in [0.25, 0.3) is 0 Å². The predicted molar refractivity (Wildman–Crippen MR) is 80.3 cm³/mol. The number of methoxy groups -OCH3 is 1. The van der Waals surface area contributed by atoms with Gasteiger partial charge in [0, 0.05) is 6.42 Å². The molecule has 0 radical (unpaired) electrons. The van der Waals surface area contributed by atoms with Crippen LogP contribution in [0.1, 0.15) is 44.6 Å². The van der Waals surface area contributed by atoms with E-state index in [0.717, 1.165) is 12.0 Å². The molecule has 5 nitrogen and oxygen atoms in total. The second-order valence-corrected chi connectivity index (χ2v) is 5.18. The number of benzene rings is 1. The molecule has 0 saturated heterocycles. The molecular formula is C16H23NO4. The number of hydrogen-bond acceptors (Lipinski definition) is 3. The highest BCUT2D eigenvalue weighted by atomic mass is 16.5. The molecule has 1 rings (SSSR count). The van der Waals surface area contributed by atoms with Gasteiger partial charge in [0.2, 0.25) is 5.91 Å². The molecule has 1 atom stereocenters. The van der Waals surface area contributed by atoms with E-state index < -0.39 is 17.3 Å². The van der Waals surface area contributed by atoms with Crippen LogP contribution in [-0.2, 0) is 15.0 Å². The number of nitrogens with two attached hydrogens (primary N) is 1. The zero-order valence-corrected chi connectivity index (χ0v) is 12.6. The van der Waals surface area contributed by atoms with Crippen LogP contribution >= 0.6 is 0 Å². The number of carbonyl (C=O) groups excluding carboxylic acids is 1. The van der Waals surface area contributed by atoms with Gasteiger partial charge < -0.3 is 15.6 Å². The zero-order valence-electron chi connectivity index (χ0n) is 12.6. The Balaban J connectivity index is 3.14. The Bertz CT molecular complexity index is 501. The molecule has 0 heterocycles. The van der Waals surface area contributed by atoms with Gasteiger partial charge in [-0.3, -0.25) is 9.59 Å². The summed E-state index contributed by atoms with van der Waals surface area (Å²) in [6, 6.07) is 7.28. The van der Waals surface area contributed by atoms with Gasteiger partial charge in [-0.05, 0) is 37.0 Å². The first-order chi connectivity index (χ1) is 9.96. The summed E-state index contributed by atoms with van der Waals surface area (Å²) >= 11 is 0. The van der Waals surface area contributed by atoms with Crippen molar-refractivity contribution >= 4 is 11.9 Å². The van der Waals surface area contributed by atoms with Gasteiger partial charge in [0.1, 0.15) is 5.75 Å². The molecule has 116 valence electrons. The van der Waals surface area contributed by atoms with Crippen molar-refractivity contribution in [2.75, 3.05) is 7.11 Å². The number of aliphatic carboxylic acids is 1.